The molecule has 1 heterocycles. The predicted octanol–water partition coefficient (Wildman–Crippen LogP) is 5.28. The van der Waals surface area contributed by atoms with Crippen molar-refractivity contribution in [1.29, 1.82) is 0 Å². The van der Waals surface area contributed by atoms with Crippen molar-refractivity contribution < 1.29 is 4.74 Å². The van der Waals surface area contributed by atoms with Gasteiger partial charge in [0.15, 0.2) is 0 Å². The molecule has 2 N–H and O–H groups in total. The van der Waals surface area contributed by atoms with E-state index in [0.717, 1.165) is 19.6 Å². The SMILES string of the molecule is Cc1cc(COCC2CCc3cc(C4CC[C@@H](N)C4)ccc3C2)sc1C. The lowest BCUT2D eigenvalue weighted by Gasteiger charge is -2.25. The Morgan fingerprint density at radius 2 is 2.00 bits per heavy atom. The summed E-state index contributed by atoms with van der Waals surface area (Å²) >= 11 is 1.87. The van der Waals surface area contributed by atoms with Crippen LogP contribution >= 0.6 is 11.3 Å². The maximum atomic E-state index is 6.10. The zero-order chi connectivity index (χ0) is 18.1. The van der Waals surface area contributed by atoms with Gasteiger partial charge in [-0.3, -0.25) is 0 Å². The van der Waals surface area contributed by atoms with Crippen LogP contribution in [0.3, 0.4) is 0 Å². The molecule has 1 aromatic heterocycles. The summed E-state index contributed by atoms with van der Waals surface area (Å²) in [5.41, 5.74) is 12.1. The van der Waals surface area contributed by atoms with Crippen LogP contribution < -0.4 is 5.73 Å². The van der Waals surface area contributed by atoms with Crippen LogP contribution in [0.2, 0.25) is 0 Å². The van der Waals surface area contributed by atoms with E-state index in [9.17, 15) is 0 Å². The van der Waals surface area contributed by atoms with E-state index in [1.54, 1.807) is 11.1 Å². The fourth-order valence-electron chi connectivity index (χ4n) is 4.61. The first-order valence-corrected chi connectivity index (χ1v) is 10.9. The summed E-state index contributed by atoms with van der Waals surface area (Å²) < 4.78 is 6.06. The van der Waals surface area contributed by atoms with E-state index in [4.69, 9.17) is 10.5 Å². The molecule has 0 saturated heterocycles. The molecule has 0 aliphatic heterocycles. The van der Waals surface area contributed by atoms with Crippen molar-refractivity contribution >= 4 is 11.3 Å². The van der Waals surface area contributed by atoms with Gasteiger partial charge in [0.2, 0.25) is 0 Å². The van der Waals surface area contributed by atoms with Gasteiger partial charge in [-0.15, -0.1) is 11.3 Å². The summed E-state index contributed by atoms with van der Waals surface area (Å²) in [6.45, 7) is 6.02. The second-order valence-corrected chi connectivity index (χ2v) is 9.71. The first kappa shape index (κ1) is 18.2. The molecule has 2 unspecified atom stereocenters. The number of aryl methyl sites for hydroxylation is 3. The van der Waals surface area contributed by atoms with Gasteiger partial charge in [0.1, 0.15) is 0 Å². The summed E-state index contributed by atoms with van der Waals surface area (Å²) in [5.74, 6) is 1.35. The van der Waals surface area contributed by atoms with Crippen LogP contribution in [0.15, 0.2) is 24.3 Å². The van der Waals surface area contributed by atoms with Crippen LogP contribution in [-0.4, -0.2) is 12.6 Å². The van der Waals surface area contributed by atoms with Crippen LogP contribution in [0, 0.1) is 19.8 Å². The van der Waals surface area contributed by atoms with Crippen molar-refractivity contribution in [3.63, 3.8) is 0 Å². The molecule has 0 radical (unpaired) electrons. The monoisotopic (exact) mass is 369 g/mol. The highest BCUT2D eigenvalue weighted by molar-refractivity contribution is 7.12. The van der Waals surface area contributed by atoms with Crippen LogP contribution in [0.25, 0.3) is 0 Å². The van der Waals surface area contributed by atoms with Crippen LogP contribution in [0.4, 0.5) is 0 Å². The first-order chi connectivity index (χ1) is 12.6. The van der Waals surface area contributed by atoms with E-state index in [1.807, 2.05) is 11.3 Å². The van der Waals surface area contributed by atoms with E-state index in [0.29, 0.717) is 17.9 Å². The Balaban J connectivity index is 1.31. The number of nitrogens with two attached hydrogens (primary N) is 1. The number of thiophene rings is 1. The van der Waals surface area contributed by atoms with E-state index in [1.165, 1.54) is 53.0 Å². The van der Waals surface area contributed by atoms with Gasteiger partial charge in [-0.05, 0) is 92.5 Å². The molecule has 140 valence electrons. The highest BCUT2D eigenvalue weighted by atomic mass is 32.1. The molecule has 2 nitrogen and oxygen atoms in total. The minimum absolute atomic E-state index is 0.411. The number of ether oxygens (including phenoxy) is 1. The summed E-state index contributed by atoms with van der Waals surface area (Å²) in [5, 5.41) is 0. The van der Waals surface area contributed by atoms with E-state index < -0.39 is 0 Å². The molecule has 2 aliphatic rings. The summed E-state index contributed by atoms with van der Waals surface area (Å²) in [4.78, 5) is 2.77. The van der Waals surface area contributed by atoms with Gasteiger partial charge in [0, 0.05) is 15.8 Å². The minimum atomic E-state index is 0.411. The average molecular weight is 370 g/mol. The molecule has 1 aromatic carbocycles. The smallest absolute Gasteiger partial charge is 0.0809 e. The average Bonchev–Trinajstić information content (AvgIpc) is 3.20. The zero-order valence-corrected chi connectivity index (χ0v) is 16.9. The van der Waals surface area contributed by atoms with Gasteiger partial charge in [0.25, 0.3) is 0 Å². The summed E-state index contributed by atoms with van der Waals surface area (Å²) in [6.07, 6.45) is 7.23. The summed E-state index contributed by atoms with van der Waals surface area (Å²) in [6, 6.07) is 9.90. The standard InChI is InChI=1S/C23H31NOS/c1-15-9-23(26-16(15)2)14-25-13-17-3-4-19-11-20(6-5-18(19)10-17)21-7-8-22(24)12-21/h5-6,9,11,17,21-22H,3-4,7-8,10,12-14,24H2,1-2H3/t17?,21?,22-/m1/s1. The molecule has 2 aromatic rings. The molecule has 3 heteroatoms. The Labute approximate surface area is 161 Å². The zero-order valence-electron chi connectivity index (χ0n) is 16.1. The van der Waals surface area contributed by atoms with Crippen LogP contribution in [0.1, 0.15) is 63.6 Å². The second-order valence-electron chi connectivity index (χ2n) is 8.37. The van der Waals surface area contributed by atoms with Gasteiger partial charge >= 0.3 is 0 Å². The number of rotatable bonds is 5. The third kappa shape index (κ3) is 4.05. The number of hydrogen-bond donors (Lipinski definition) is 1. The van der Waals surface area contributed by atoms with E-state index >= 15 is 0 Å². The Bertz CT molecular complexity index is 746. The maximum absolute atomic E-state index is 6.10. The van der Waals surface area contributed by atoms with Gasteiger partial charge < -0.3 is 10.5 Å². The molecular formula is C23H31NOS. The normalized spacial score (nSPS) is 25.4. The minimum Gasteiger partial charge on any atom is -0.376 e. The van der Waals surface area contributed by atoms with Crippen molar-refractivity contribution in [2.75, 3.05) is 6.61 Å². The topological polar surface area (TPSA) is 35.2 Å². The van der Waals surface area contributed by atoms with Crippen molar-refractivity contribution in [2.24, 2.45) is 11.7 Å². The second kappa shape index (κ2) is 7.84. The van der Waals surface area contributed by atoms with Crippen LogP contribution in [-0.2, 0) is 24.2 Å². The highest BCUT2D eigenvalue weighted by Crippen LogP contribution is 2.36. The lowest BCUT2D eigenvalue weighted by molar-refractivity contribution is 0.0840. The number of hydrogen-bond acceptors (Lipinski definition) is 3. The largest absolute Gasteiger partial charge is 0.376 e. The highest BCUT2D eigenvalue weighted by Gasteiger charge is 2.25. The molecule has 0 spiro atoms. The van der Waals surface area contributed by atoms with Gasteiger partial charge in [0.05, 0.1) is 13.2 Å². The van der Waals surface area contributed by atoms with E-state index in [-0.39, 0.29) is 0 Å². The summed E-state index contributed by atoms with van der Waals surface area (Å²) in [7, 11) is 0. The van der Waals surface area contributed by atoms with E-state index in [2.05, 4.69) is 38.1 Å². The lowest BCUT2D eigenvalue weighted by Crippen LogP contribution is -2.19. The third-order valence-electron chi connectivity index (χ3n) is 6.32. The molecule has 3 atom stereocenters. The van der Waals surface area contributed by atoms with Gasteiger partial charge in [-0.2, -0.15) is 0 Å². The quantitative estimate of drug-likeness (QED) is 0.778. The Kier molecular flexibility index (Phi) is 5.49. The first-order valence-electron chi connectivity index (χ1n) is 10.1. The van der Waals surface area contributed by atoms with Crippen molar-refractivity contribution in [3.05, 3.63) is 56.3 Å². The van der Waals surface area contributed by atoms with Crippen molar-refractivity contribution in [2.45, 2.75) is 70.9 Å². The molecule has 1 fully saturated rings. The third-order valence-corrected chi connectivity index (χ3v) is 7.45. The van der Waals surface area contributed by atoms with Gasteiger partial charge in [-0.25, -0.2) is 0 Å². The fourth-order valence-corrected chi connectivity index (χ4v) is 5.60. The molecule has 2 aliphatic carbocycles. The molecule has 0 bridgehead atoms. The van der Waals surface area contributed by atoms with Crippen molar-refractivity contribution in [3.8, 4) is 0 Å². The van der Waals surface area contributed by atoms with Crippen LogP contribution in [0.5, 0.6) is 0 Å². The Morgan fingerprint density at radius 1 is 1.12 bits per heavy atom. The number of benzene rings is 1. The maximum Gasteiger partial charge on any atom is 0.0809 e. The molecule has 1 saturated carbocycles. The predicted molar refractivity (Wildman–Crippen MR) is 110 cm³/mol. The molecule has 26 heavy (non-hydrogen) atoms. The van der Waals surface area contributed by atoms with Gasteiger partial charge in [-0.1, -0.05) is 18.2 Å². The van der Waals surface area contributed by atoms with Crippen molar-refractivity contribution in [1.82, 2.24) is 0 Å². The Morgan fingerprint density at radius 3 is 2.73 bits per heavy atom. The lowest BCUT2D eigenvalue weighted by atomic mass is 9.82. The number of fused-ring (bicyclic) bond motifs is 1. The molecule has 0 amide bonds. The Hall–Kier alpha value is -1.16. The fraction of sp³-hybridized carbons (Fsp3) is 0.565. The molecular weight excluding hydrogens is 338 g/mol. The molecule has 4 rings (SSSR count).